The van der Waals surface area contributed by atoms with Crippen LogP contribution in [0.4, 0.5) is 0 Å². The predicted octanol–water partition coefficient (Wildman–Crippen LogP) is 5.53. The van der Waals surface area contributed by atoms with E-state index in [4.69, 9.17) is 11.6 Å². The highest BCUT2D eigenvalue weighted by atomic mass is 35.5. The zero-order chi connectivity index (χ0) is 17.8. The third kappa shape index (κ3) is 2.80. The fourth-order valence-corrected chi connectivity index (χ4v) is 7.62. The normalized spacial score (nSPS) is 36.0. The number of hydrogen-bond acceptors (Lipinski definition) is 2. The Bertz CT molecular complexity index is 789. The number of carbonyl (C=O) groups excluding carboxylic acids is 1. The summed E-state index contributed by atoms with van der Waals surface area (Å²) in [4.78, 5) is 14.6. The summed E-state index contributed by atoms with van der Waals surface area (Å²) in [5.41, 5.74) is 0.893. The molecule has 136 valence electrons. The van der Waals surface area contributed by atoms with Gasteiger partial charge in [0, 0.05) is 9.75 Å². The number of alkyl halides is 1. The molecule has 2 nitrogen and oxygen atoms in total. The highest BCUT2D eigenvalue weighted by molar-refractivity contribution is 7.10. The third-order valence-electron chi connectivity index (χ3n) is 6.71. The first-order valence-electron chi connectivity index (χ1n) is 9.64. The molecule has 4 bridgehead atoms. The van der Waals surface area contributed by atoms with Crippen molar-refractivity contribution in [3.8, 4) is 0 Å². The number of carbonyl (C=O) groups is 1. The van der Waals surface area contributed by atoms with E-state index in [1.165, 1.54) is 11.3 Å². The van der Waals surface area contributed by atoms with Gasteiger partial charge in [-0.15, -0.1) is 22.9 Å². The first-order chi connectivity index (χ1) is 12.6. The lowest BCUT2D eigenvalue weighted by molar-refractivity contribution is -0.145. The predicted molar refractivity (Wildman–Crippen MR) is 106 cm³/mol. The van der Waals surface area contributed by atoms with Crippen molar-refractivity contribution in [2.75, 3.05) is 0 Å². The number of halogens is 1. The molecule has 1 aromatic heterocycles. The Morgan fingerprint density at radius 1 is 1.08 bits per heavy atom. The molecule has 4 aliphatic carbocycles. The van der Waals surface area contributed by atoms with Crippen LogP contribution in [-0.2, 0) is 4.79 Å². The number of hydrogen-bond donors (Lipinski definition) is 1. The number of rotatable bonds is 4. The van der Waals surface area contributed by atoms with Crippen LogP contribution in [0, 0.1) is 17.3 Å². The van der Waals surface area contributed by atoms with Gasteiger partial charge in [0.05, 0.1) is 11.5 Å². The van der Waals surface area contributed by atoms with Gasteiger partial charge in [0.25, 0.3) is 0 Å². The highest BCUT2D eigenvalue weighted by Gasteiger charge is 2.60. The van der Waals surface area contributed by atoms with Crippen LogP contribution in [0.5, 0.6) is 0 Å². The van der Waals surface area contributed by atoms with Gasteiger partial charge >= 0.3 is 0 Å². The molecule has 4 fully saturated rings. The molecule has 0 radical (unpaired) electrons. The molecule has 4 aliphatic rings. The Kier molecular flexibility index (Phi) is 3.95. The second-order valence-electron chi connectivity index (χ2n) is 8.72. The van der Waals surface area contributed by atoms with Gasteiger partial charge in [-0.25, -0.2) is 0 Å². The summed E-state index contributed by atoms with van der Waals surface area (Å²) >= 11 is 8.64. The Hall–Kier alpha value is -1.32. The molecule has 0 aliphatic heterocycles. The Balaban J connectivity index is 1.45. The third-order valence-corrected chi connectivity index (χ3v) is 8.09. The SMILES string of the molecule is O=C(N[C@@H](c1ccccc1)c1cccs1)C12C[C@H]3C[C@@H](CC(Cl)(C3)C1)C2. The Morgan fingerprint density at radius 3 is 2.42 bits per heavy atom. The van der Waals surface area contributed by atoms with E-state index in [1.807, 2.05) is 18.2 Å². The van der Waals surface area contributed by atoms with Gasteiger partial charge in [-0.2, -0.15) is 0 Å². The van der Waals surface area contributed by atoms with Gasteiger partial charge < -0.3 is 5.32 Å². The molecule has 2 aromatic rings. The zero-order valence-electron chi connectivity index (χ0n) is 14.8. The first kappa shape index (κ1) is 16.8. The minimum Gasteiger partial charge on any atom is -0.344 e. The van der Waals surface area contributed by atoms with Gasteiger partial charge in [0.2, 0.25) is 5.91 Å². The Morgan fingerprint density at radius 2 is 1.81 bits per heavy atom. The van der Waals surface area contributed by atoms with Gasteiger partial charge in [0.15, 0.2) is 0 Å². The maximum Gasteiger partial charge on any atom is 0.227 e. The lowest BCUT2D eigenvalue weighted by Crippen LogP contribution is -2.58. The van der Waals surface area contributed by atoms with Crippen molar-refractivity contribution in [1.82, 2.24) is 5.32 Å². The fraction of sp³-hybridized carbons (Fsp3) is 0.500. The molecule has 0 spiro atoms. The van der Waals surface area contributed by atoms with Crippen LogP contribution in [0.15, 0.2) is 47.8 Å². The van der Waals surface area contributed by atoms with Gasteiger partial charge in [0.1, 0.15) is 0 Å². The highest BCUT2D eigenvalue weighted by Crippen LogP contribution is 2.64. The quantitative estimate of drug-likeness (QED) is 0.688. The van der Waals surface area contributed by atoms with E-state index < -0.39 is 0 Å². The van der Waals surface area contributed by atoms with Crippen LogP contribution in [0.2, 0.25) is 0 Å². The lowest BCUT2D eigenvalue weighted by Gasteiger charge is -2.59. The molecule has 3 atom stereocenters. The minimum absolute atomic E-state index is 0.0667. The van der Waals surface area contributed by atoms with E-state index in [2.05, 4.69) is 35.0 Å². The molecule has 1 N–H and O–H groups in total. The second-order valence-corrected chi connectivity index (χ2v) is 10.5. The first-order valence-corrected chi connectivity index (χ1v) is 10.9. The van der Waals surface area contributed by atoms with E-state index in [0.717, 1.165) is 37.7 Å². The van der Waals surface area contributed by atoms with Crippen LogP contribution in [-0.4, -0.2) is 10.8 Å². The van der Waals surface area contributed by atoms with Crippen LogP contribution in [0.1, 0.15) is 55.0 Å². The maximum atomic E-state index is 13.6. The van der Waals surface area contributed by atoms with E-state index >= 15 is 0 Å². The zero-order valence-corrected chi connectivity index (χ0v) is 16.4. The molecule has 1 heterocycles. The van der Waals surface area contributed by atoms with Gasteiger partial charge in [-0.05, 0) is 67.4 Å². The number of amides is 1. The van der Waals surface area contributed by atoms with Crippen LogP contribution in [0.25, 0.3) is 0 Å². The average Bonchev–Trinajstić information content (AvgIpc) is 3.12. The summed E-state index contributed by atoms with van der Waals surface area (Å²) in [6.45, 7) is 0. The number of thiophene rings is 1. The molecule has 6 rings (SSSR count). The summed E-state index contributed by atoms with van der Waals surface area (Å²) in [5, 5.41) is 5.50. The summed E-state index contributed by atoms with van der Waals surface area (Å²) in [5.74, 6) is 1.49. The van der Waals surface area contributed by atoms with Gasteiger partial charge in [-0.3, -0.25) is 4.79 Å². The standard InChI is InChI=1S/C22H24ClNOS/c23-22-12-15-9-16(13-22)11-21(10-15,14-22)20(25)24-19(18-7-4-8-26-18)17-5-2-1-3-6-17/h1-8,15-16,19H,9-14H2,(H,24,25)/t15-,16-,19+,21?,22?/m1/s1. The van der Waals surface area contributed by atoms with E-state index in [0.29, 0.717) is 11.8 Å². The summed E-state index contributed by atoms with van der Waals surface area (Å²) in [7, 11) is 0. The molecular weight excluding hydrogens is 362 g/mol. The van der Waals surface area contributed by atoms with E-state index in [9.17, 15) is 4.79 Å². The van der Waals surface area contributed by atoms with Crippen molar-refractivity contribution in [2.24, 2.45) is 17.3 Å². The van der Waals surface area contributed by atoms with E-state index in [-0.39, 0.29) is 22.2 Å². The molecule has 4 heteroatoms. The monoisotopic (exact) mass is 385 g/mol. The van der Waals surface area contributed by atoms with Crippen molar-refractivity contribution in [3.63, 3.8) is 0 Å². The second kappa shape index (κ2) is 6.10. The van der Waals surface area contributed by atoms with Gasteiger partial charge in [-0.1, -0.05) is 36.4 Å². The molecule has 1 aromatic carbocycles. The van der Waals surface area contributed by atoms with Crippen molar-refractivity contribution in [1.29, 1.82) is 0 Å². The Labute approximate surface area is 164 Å². The maximum absolute atomic E-state index is 13.6. The van der Waals surface area contributed by atoms with E-state index in [1.54, 1.807) is 11.3 Å². The summed E-state index contributed by atoms with van der Waals surface area (Å²) < 4.78 is 0. The smallest absolute Gasteiger partial charge is 0.227 e. The van der Waals surface area contributed by atoms with Crippen molar-refractivity contribution in [2.45, 2.75) is 49.4 Å². The number of benzene rings is 1. The van der Waals surface area contributed by atoms with Crippen molar-refractivity contribution >= 4 is 28.8 Å². The topological polar surface area (TPSA) is 29.1 Å². The largest absolute Gasteiger partial charge is 0.344 e. The van der Waals surface area contributed by atoms with Crippen LogP contribution in [0.3, 0.4) is 0 Å². The van der Waals surface area contributed by atoms with Crippen molar-refractivity contribution < 1.29 is 4.79 Å². The molecule has 0 saturated heterocycles. The summed E-state index contributed by atoms with van der Waals surface area (Å²) in [6, 6.07) is 14.4. The summed E-state index contributed by atoms with van der Waals surface area (Å²) in [6.07, 6.45) is 6.38. The molecular formula is C22H24ClNOS. The average molecular weight is 386 g/mol. The molecule has 26 heavy (non-hydrogen) atoms. The fourth-order valence-electron chi connectivity index (χ4n) is 6.12. The molecule has 4 saturated carbocycles. The van der Waals surface area contributed by atoms with Crippen molar-refractivity contribution in [3.05, 3.63) is 58.3 Å². The molecule has 0 unspecified atom stereocenters. The molecule has 1 amide bonds. The lowest BCUT2D eigenvalue weighted by atomic mass is 9.49. The van der Waals surface area contributed by atoms with Crippen LogP contribution >= 0.6 is 22.9 Å². The number of nitrogens with one attached hydrogen (secondary N) is 1. The minimum atomic E-state index is -0.254. The van der Waals surface area contributed by atoms with Crippen LogP contribution < -0.4 is 5.32 Å².